The maximum atomic E-state index is 12.6. The summed E-state index contributed by atoms with van der Waals surface area (Å²) < 4.78 is 30.8. The van der Waals surface area contributed by atoms with Gasteiger partial charge in [0, 0.05) is 34.6 Å². The van der Waals surface area contributed by atoms with Crippen LogP contribution in [-0.4, -0.2) is 90.8 Å². The first-order valence-electron chi connectivity index (χ1n) is 10.1. The molecule has 1 fully saturated rings. The Hall–Kier alpha value is -3.26. The average Bonchev–Trinajstić information content (AvgIpc) is 2.69. The topological polar surface area (TPSA) is 190 Å². The molecule has 1 amide bonds. The number of hydrogen-bond acceptors (Lipinski definition) is 13. The highest BCUT2D eigenvalue weighted by Gasteiger charge is 2.59. The summed E-state index contributed by atoms with van der Waals surface area (Å²) in [7, 11) is 0.976. The second-order valence-corrected chi connectivity index (χ2v) is 7.44. The van der Waals surface area contributed by atoms with Crippen molar-refractivity contribution in [3.05, 3.63) is 0 Å². The Balaban J connectivity index is 3.64. The van der Waals surface area contributed by atoms with E-state index >= 15 is 0 Å². The summed E-state index contributed by atoms with van der Waals surface area (Å²) in [5.74, 6) is -7.85. The molecule has 0 aromatic rings. The molecule has 0 aliphatic carbocycles. The van der Waals surface area contributed by atoms with Crippen LogP contribution >= 0.6 is 0 Å². The van der Waals surface area contributed by atoms with E-state index < -0.39 is 85.0 Å². The van der Waals surface area contributed by atoms with Gasteiger partial charge < -0.3 is 38.8 Å². The molecule has 0 aromatic carbocycles. The molecule has 0 unspecified atom stereocenters. The summed E-state index contributed by atoms with van der Waals surface area (Å²) >= 11 is 0. The Morgan fingerprint density at radius 2 is 1.56 bits per heavy atom. The molecule has 1 saturated heterocycles. The van der Waals surface area contributed by atoms with E-state index in [-0.39, 0.29) is 0 Å². The van der Waals surface area contributed by atoms with E-state index in [2.05, 4.69) is 10.1 Å². The first-order chi connectivity index (χ1) is 15.7. The molecule has 0 saturated carbocycles. The Morgan fingerprint density at radius 1 is 0.971 bits per heavy atom. The van der Waals surface area contributed by atoms with Gasteiger partial charge in [-0.15, -0.1) is 0 Å². The molecule has 34 heavy (non-hydrogen) atoms. The normalized spacial score (nSPS) is 25.7. The third-order valence-corrected chi connectivity index (χ3v) is 4.51. The highest BCUT2D eigenvalue weighted by atomic mass is 16.8. The van der Waals surface area contributed by atoms with E-state index in [1.54, 1.807) is 0 Å². The molecule has 0 bridgehead atoms. The molecule has 0 radical (unpaired) electrons. The summed E-state index contributed by atoms with van der Waals surface area (Å²) in [6.07, 6.45) is -7.09. The molecule has 1 aliphatic heterocycles. The van der Waals surface area contributed by atoms with E-state index in [0.717, 1.165) is 41.7 Å². The predicted molar refractivity (Wildman–Crippen MR) is 107 cm³/mol. The Labute approximate surface area is 195 Å². The van der Waals surface area contributed by atoms with Gasteiger partial charge >= 0.3 is 35.6 Å². The molecular weight excluding hydrogens is 462 g/mol. The maximum Gasteiger partial charge on any atom is 0.379 e. The van der Waals surface area contributed by atoms with Crippen LogP contribution < -0.4 is 5.32 Å². The number of ether oxygens (including phenoxy) is 6. The van der Waals surface area contributed by atoms with E-state index in [9.17, 15) is 33.9 Å². The minimum atomic E-state index is -2.50. The van der Waals surface area contributed by atoms with Gasteiger partial charge in [0.15, 0.2) is 12.2 Å². The number of nitrogens with one attached hydrogen (secondary N) is 1. The zero-order valence-corrected chi connectivity index (χ0v) is 19.6. The van der Waals surface area contributed by atoms with Crippen molar-refractivity contribution < 1.29 is 62.3 Å². The lowest BCUT2D eigenvalue weighted by atomic mass is 9.88. The van der Waals surface area contributed by atoms with Crippen LogP contribution in [0.25, 0.3) is 0 Å². The van der Waals surface area contributed by atoms with Gasteiger partial charge in [-0.25, -0.2) is 4.79 Å². The van der Waals surface area contributed by atoms with Crippen molar-refractivity contribution in [2.75, 3.05) is 13.7 Å². The Bertz CT molecular complexity index is 812. The lowest BCUT2D eigenvalue weighted by Crippen LogP contribution is -2.69. The number of amides is 1. The lowest BCUT2D eigenvalue weighted by molar-refractivity contribution is -0.303. The van der Waals surface area contributed by atoms with Crippen LogP contribution in [0.4, 0.5) is 0 Å². The van der Waals surface area contributed by atoms with Crippen LogP contribution in [0.2, 0.25) is 0 Å². The summed E-state index contributed by atoms with van der Waals surface area (Å²) in [5, 5.41) is 13.2. The first kappa shape index (κ1) is 28.8. The fraction of sp³-hybridized carbons (Fsp3) is 0.700. The molecule has 0 aromatic heterocycles. The molecule has 2 N–H and O–H groups in total. The SMILES string of the molecule is COC(=O)[C@]1(OC(C)=O)C[C@H](O)[C@@H](NC(C)=O)[C@H]([C@H](OC(C)=O)[C@@H](COC(C)=O)OC(C)=O)O1. The number of aliphatic hydroxyl groups excluding tert-OH is 1. The third-order valence-electron chi connectivity index (χ3n) is 4.51. The minimum absolute atomic E-state index is 0.617. The van der Waals surface area contributed by atoms with E-state index in [1.807, 2.05) is 0 Å². The second-order valence-electron chi connectivity index (χ2n) is 7.44. The summed E-state index contributed by atoms with van der Waals surface area (Å²) in [6, 6.07) is -1.36. The lowest BCUT2D eigenvalue weighted by Gasteiger charge is -2.47. The van der Waals surface area contributed by atoms with Gasteiger partial charge in [-0.1, -0.05) is 0 Å². The molecule has 6 atom stereocenters. The number of carbonyl (C=O) groups is 6. The number of esters is 5. The van der Waals surface area contributed by atoms with Gasteiger partial charge in [0.05, 0.1) is 25.7 Å². The second kappa shape index (κ2) is 12.3. The van der Waals surface area contributed by atoms with Gasteiger partial charge in [0.1, 0.15) is 12.7 Å². The first-order valence-corrected chi connectivity index (χ1v) is 10.1. The molecule has 192 valence electrons. The zero-order valence-electron chi connectivity index (χ0n) is 19.6. The third kappa shape index (κ3) is 7.95. The van der Waals surface area contributed by atoms with Crippen molar-refractivity contribution in [2.24, 2.45) is 0 Å². The van der Waals surface area contributed by atoms with Crippen LogP contribution in [0.1, 0.15) is 41.0 Å². The fourth-order valence-corrected chi connectivity index (χ4v) is 3.43. The predicted octanol–water partition coefficient (Wildman–Crippen LogP) is -1.50. The Kier molecular flexibility index (Phi) is 10.4. The zero-order chi connectivity index (χ0) is 26.2. The van der Waals surface area contributed by atoms with Gasteiger partial charge in [-0.3, -0.25) is 24.0 Å². The minimum Gasteiger partial charge on any atom is -0.464 e. The number of hydrogen-bond donors (Lipinski definition) is 2. The van der Waals surface area contributed by atoms with E-state index in [0.29, 0.717) is 0 Å². The smallest absolute Gasteiger partial charge is 0.379 e. The largest absolute Gasteiger partial charge is 0.464 e. The Morgan fingerprint density at radius 3 is 2.00 bits per heavy atom. The molecule has 14 nitrogen and oxygen atoms in total. The molecule has 0 spiro atoms. The van der Waals surface area contributed by atoms with Gasteiger partial charge in [0.25, 0.3) is 0 Å². The fourth-order valence-electron chi connectivity index (χ4n) is 3.43. The quantitative estimate of drug-likeness (QED) is 0.280. The van der Waals surface area contributed by atoms with Crippen molar-refractivity contribution in [2.45, 2.75) is 77.3 Å². The molecule has 1 heterocycles. The van der Waals surface area contributed by atoms with E-state index in [4.69, 9.17) is 23.7 Å². The van der Waals surface area contributed by atoms with Crippen LogP contribution in [-0.2, 0) is 57.2 Å². The number of aliphatic hydroxyl groups is 1. The molecule has 1 rings (SSSR count). The number of methoxy groups -OCH3 is 1. The highest BCUT2D eigenvalue weighted by Crippen LogP contribution is 2.35. The number of carbonyl (C=O) groups excluding carboxylic acids is 6. The van der Waals surface area contributed by atoms with Crippen molar-refractivity contribution in [3.8, 4) is 0 Å². The molecular formula is C20H29NO13. The van der Waals surface area contributed by atoms with Crippen molar-refractivity contribution in [1.29, 1.82) is 0 Å². The van der Waals surface area contributed by atoms with E-state index in [1.165, 1.54) is 0 Å². The average molecular weight is 491 g/mol. The summed E-state index contributed by atoms with van der Waals surface area (Å²) in [4.78, 5) is 71.1. The van der Waals surface area contributed by atoms with Gasteiger partial charge in [-0.05, 0) is 0 Å². The standard InChI is InChI=1S/C20H29NO13/c1-9(22)21-16-14(27)7-20(19(28)29-6,33-13(5)26)34-18(16)17(32-12(4)25)15(31-11(3)24)8-30-10(2)23/h14-18,27H,7-8H2,1-6H3,(H,21,22)/t14-,15+,16+,17+,18+,20-/m0/s1. The van der Waals surface area contributed by atoms with Crippen molar-refractivity contribution >= 4 is 35.8 Å². The van der Waals surface area contributed by atoms with Crippen LogP contribution in [0.15, 0.2) is 0 Å². The van der Waals surface area contributed by atoms with Crippen LogP contribution in [0, 0.1) is 0 Å². The van der Waals surface area contributed by atoms with Crippen molar-refractivity contribution in [1.82, 2.24) is 5.32 Å². The molecule has 14 heteroatoms. The number of rotatable bonds is 9. The maximum absolute atomic E-state index is 12.6. The summed E-state index contributed by atoms with van der Waals surface area (Å²) in [5.41, 5.74) is 0. The van der Waals surface area contributed by atoms with Crippen molar-refractivity contribution in [3.63, 3.8) is 0 Å². The molecule has 1 aliphatic rings. The van der Waals surface area contributed by atoms with Crippen LogP contribution in [0.3, 0.4) is 0 Å². The van der Waals surface area contributed by atoms with Gasteiger partial charge in [0.2, 0.25) is 5.91 Å². The van der Waals surface area contributed by atoms with Gasteiger partial charge in [-0.2, -0.15) is 0 Å². The summed E-state index contributed by atoms with van der Waals surface area (Å²) in [6.45, 7) is 4.60. The monoisotopic (exact) mass is 491 g/mol. The highest BCUT2D eigenvalue weighted by molar-refractivity contribution is 5.82. The van der Waals surface area contributed by atoms with Crippen LogP contribution in [0.5, 0.6) is 0 Å².